The van der Waals surface area contributed by atoms with Crippen molar-refractivity contribution in [2.24, 2.45) is 5.10 Å². The first-order valence-corrected chi connectivity index (χ1v) is 10.3. The minimum atomic E-state index is -0.264. The number of hydrazone groups is 1. The number of rotatable bonds is 2. The SMILES string of the molecule is Brc1ccc(C2=NN3[C@@H](c4ccncc4)Oc4ccc(Br)cc4[C@@H]3C2)cc1. The fraction of sp³-hybridized carbons (Fsp3) is 0.143. The Balaban J connectivity index is 1.60. The normalized spacial score (nSPS) is 20.5. The first-order valence-electron chi connectivity index (χ1n) is 8.67. The molecule has 2 atom stereocenters. The average Bonchev–Trinajstić information content (AvgIpc) is 3.14. The highest BCUT2D eigenvalue weighted by Gasteiger charge is 2.41. The molecule has 5 rings (SSSR count). The van der Waals surface area contributed by atoms with Gasteiger partial charge in [0.05, 0.1) is 11.8 Å². The largest absolute Gasteiger partial charge is 0.464 e. The van der Waals surface area contributed by atoms with Gasteiger partial charge in [-0.05, 0) is 48.0 Å². The van der Waals surface area contributed by atoms with Gasteiger partial charge in [-0.25, -0.2) is 5.01 Å². The number of ether oxygens (including phenoxy) is 1. The number of pyridine rings is 1. The lowest BCUT2D eigenvalue weighted by Gasteiger charge is -2.38. The number of halogens is 2. The summed E-state index contributed by atoms with van der Waals surface area (Å²) >= 11 is 7.09. The molecule has 3 aromatic rings. The molecule has 0 fully saturated rings. The van der Waals surface area contributed by atoms with Crippen LogP contribution in [-0.2, 0) is 0 Å². The summed E-state index contributed by atoms with van der Waals surface area (Å²) in [6.45, 7) is 0. The molecule has 0 aliphatic carbocycles. The summed E-state index contributed by atoms with van der Waals surface area (Å²) in [6, 6.07) is 18.6. The van der Waals surface area contributed by atoms with Gasteiger partial charge in [-0.15, -0.1) is 0 Å². The van der Waals surface area contributed by atoms with Crippen LogP contribution in [-0.4, -0.2) is 15.7 Å². The second-order valence-corrected chi connectivity index (χ2v) is 8.42. The van der Waals surface area contributed by atoms with Crippen molar-refractivity contribution in [3.63, 3.8) is 0 Å². The molecule has 0 amide bonds. The standard InChI is InChI=1S/C21H15Br2N3O/c22-15-3-1-13(2-4-15)18-12-19-17-11-16(23)5-6-20(17)27-21(26(19)25-18)14-7-9-24-10-8-14/h1-11,19,21H,12H2/t19-,21+/m0/s1. The zero-order valence-corrected chi connectivity index (χ0v) is 17.4. The van der Waals surface area contributed by atoms with Crippen LogP contribution in [0.25, 0.3) is 0 Å². The lowest BCUT2D eigenvalue weighted by atomic mass is 9.96. The highest BCUT2D eigenvalue weighted by molar-refractivity contribution is 9.10. The van der Waals surface area contributed by atoms with Crippen LogP contribution in [0, 0.1) is 0 Å². The summed E-state index contributed by atoms with van der Waals surface area (Å²) in [6.07, 6.45) is 4.16. The molecule has 1 aromatic heterocycles. The third kappa shape index (κ3) is 3.07. The quantitative estimate of drug-likeness (QED) is 0.458. The van der Waals surface area contributed by atoms with E-state index in [1.807, 2.05) is 24.3 Å². The van der Waals surface area contributed by atoms with Gasteiger partial charge in [0, 0.05) is 38.9 Å². The van der Waals surface area contributed by atoms with Gasteiger partial charge in [-0.2, -0.15) is 5.10 Å². The Labute approximate surface area is 174 Å². The molecule has 4 nitrogen and oxygen atoms in total. The van der Waals surface area contributed by atoms with Gasteiger partial charge in [0.2, 0.25) is 6.23 Å². The van der Waals surface area contributed by atoms with Crippen molar-refractivity contribution in [1.29, 1.82) is 0 Å². The topological polar surface area (TPSA) is 37.7 Å². The molecule has 0 N–H and O–H groups in total. The highest BCUT2D eigenvalue weighted by Crippen LogP contribution is 2.48. The van der Waals surface area contributed by atoms with E-state index in [1.165, 1.54) is 0 Å². The van der Waals surface area contributed by atoms with Crippen LogP contribution in [0.4, 0.5) is 0 Å². The number of hydrogen-bond donors (Lipinski definition) is 0. The second kappa shape index (κ2) is 6.77. The van der Waals surface area contributed by atoms with Crippen LogP contribution < -0.4 is 4.74 Å². The number of nitrogens with zero attached hydrogens (tertiary/aromatic N) is 3. The summed E-state index contributed by atoms with van der Waals surface area (Å²) in [5, 5.41) is 7.06. The average molecular weight is 485 g/mol. The lowest BCUT2D eigenvalue weighted by Crippen LogP contribution is -2.33. The second-order valence-electron chi connectivity index (χ2n) is 6.59. The fourth-order valence-electron chi connectivity index (χ4n) is 3.62. The van der Waals surface area contributed by atoms with Crippen LogP contribution in [0.5, 0.6) is 5.75 Å². The Bertz CT molecular complexity index is 1020. The Hall–Kier alpha value is -2.18. The van der Waals surface area contributed by atoms with Gasteiger partial charge in [0.25, 0.3) is 0 Å². The summed E-state index contributed by atoms with van der Waals surface area (Å²) in [5.41, 5.74) is 4.41. The predicted molar refractivity (Wildman–Crippen MR) is 112 cm³/mol. The van der Waals surface area contributed by atoms with Crippen LogP contribution in [0.3, 0.4) is 0 Å². The van der Waals surface area contributed by atoms with E-state index in [-0.39, 0.29) is 12.3 Å². The molecule has 0 unspecified atom stereocenters. The minimum absolute atomic E-state index is 0.142. The van der Waals surface area contributed by atoms with E-state index >= 15 is 0 Å². The van der Waals surface area contributed by atoms with E-state index in [2.05, 4.69) is 72.2 Å². The van der Waals surface area contributed by atoms with Gasteiger partial charge >= 0.3 is 0 Å². The summed E-state index contributed by atoms with van der Waals surface area (Å²) in [5.74, 6) is 0.911. The highest BCUT2D eigenvalue weighted by atomic mass is 79.9. The van der Waals surface area contributed by atoms with Crippen LogP contribution in [0.2, 0.25) is 0 Å². The third-order valence-corrected chi connectivity index (χ3v) is 5.94. The molecule has 6 heteroatoms. The maximum Gasteiger partial charge on any atom is 0.213 e. The smallest absolute Gasteiger partial charge is 0.213 e. The van der Waals surface area contributed by atoms with Crippen molar-refractivity contribution in [2.45, 2.75) is 18.7 Å². The van der Waals surface area contributed by atoms with Crippen LogP contribution >= 0.6 is 31.9 Å². The molecule has 2 aliphatic rings. The van der Waals surface area contributed by atoms with Gasteiger partial charge in [0.1, 0.15) is 5.75 Å². The van der Waals surface area contributed by atoms with Gasteiger partial charge in [0.15, 0.2) is 0 Å². The fourth-order valence-corrected chi connectivity index (χ4v) is 4.27. The number of hydrogen-bond acceptors (Lipinski definition) is 4. The molecule has 2 aromatic carbocycles. The van der Waals surface area contributed by atoms with E-state index in [9.17, 15) is 0 Å². The van der Waals surface area contributed by atoms with E-state index < -0.39 is 0 Å². The zero-order valence-electron chi connectivity index (χ0n) is 14.2. The van der Waals surface area contributed by atoms with Crippen molar-refractivity contribution in [3.8, 4) is 5.75 Å². The molecule has 27 heavy (non-hydrogen) atoms. The number of benzene rings is 2. The van der Waals surface area contributed by atoms with Crippen molar-refractivity contribution in [1.82, 2.24) is 9.99 Å². The van der Waals surface area contributed by atoms with Crippen LogP contribution in [0.1, 0.15) is 35.4 Å². The minimum Gasteiger partial charge on any atom is -0.464 e. The molecule has 0 saturated heterocycles. The number of fused-ring (bicyclic) bond motifs is 3. The predicted octanol–water partition coefficient (Wildman–Crippen LogP) is 5.85. The van der Waals surface area contributed by atoms with Crippen LogP contribution in [0.15, 0.2) is 81.0 Å². The maximum absolute atomic E-state index is 6.35. The molecule has 0 bridgehead atoms. The molecule has 0 saturated carbocycles. The summed E-state index contributed by atoms with van der Waals surface area (Å²) in [7, 11) is 0. The van der Waals surface area contributed by atoms with Crippen molar-refractivity contribution in [2.75, 3.05) is 0 Å². The van der Waals surface area contributed by atoms with E-state index in [0.717, 1.165) is 43.5 Å². The Kier molecular flexibility index (Phi) is 4.25. The zero-order chi connectivity index (χ0) is 18.4. The summed E-state index contributed by atoms with van der Waals surface area (Å²) < 4.78 is 8.46. The lowest BCUT2D eigenvalue weighted by molar-refractivity contribution is -0.0191. The third-order valence-electron chi connectivity index (χ3n) is 4.92. The van der Waals surface area contributed by atoms with Crippen molar-refractivity contribution >= 4 is 37.6 Å². The molecule has 134 valence electrons. The molecule has 0 radical (unpaired) electrons. The van der Waals surface area contributed by atoms with Crippen molar-refractivity contribution in [3.05, 3.63) is 92.6 Å². The first-order chi connectivity index (χ1) is 13.2. The molecular formula is C21H15Br2N3O. The summed E-state index contributed by atoms with van der Waals surface area (Å²) in [4.78, 5) is 4.13. The molecule has 3 heterocycles. The van der Waals surface area contributed by atoms with Gasteiger partial charge < -0.3 is 4.74 Å². The van der Waals surface area contributed by atoms with E-state index in [1.54, 1.807) is 12.4 Å². The van der Waals surface area contributed by atoms with Gasteiger partial charge in [-0.1, -0.05) is 44.0 Å². The Morgan fingerprint density at radius 1 is 0.926 bits per heavy atom. The first kappa shape index (κ1) is 17.0. The molecule has 0 spiro atoms. The Morgan fingerprint density at radius 2 is 1.67 bits per heavy atom. The van der Waals surface area contributed by atoms with E-state index in [4.69, 9.17) is 9.84 Å². The monoisotopic (exact) mass is 483 g/mol. The Morgan fingerprint density at radius 3 is 2.44 bits per heavy atom. The van der Waals surface area contributed by atoms with Gasteiger partial charge in [-0.3, -0.25) is 4.98 Å². The number of aromatic nitrogens is 1. The van der Waals surface area contributed by atoms with Crippen molar-refractivity contribution < 1.29 is 4.74 Å². The van der Waals surface area contributed by atoms with E-state index in [0.29, 0.717) is 0 Å². The molecule has 2 aliphatic heterocycles. The molecular weight excluding hydrogens is 470 g/mol. The maximum atomic E-state index is 6.35.